The van der Waals surface area contributed by atoms with E-state index < -0.39 is 0 Å². The van der Waals surface area contributed by atoms with E-state index >= 15 is 0 Å². The summed E-state index contributed by atoms with van der Waals surface area (Å²) in [6.45, 7) is 4.20. The lowest BCUT2D eigenvalue weighted by Gasteiger charge is -2.51. The topological polar surface area (TPSA) is 89.5 Å². The maximum atomic E-state index is 13.3. The molecule has 0 radical (unpaired) electrons. The van der Waals surface area contributed by atoms with E-state index in [-0.39, 0.29) is 41.1 Å². The van der Waals surface area contributed by atoms with Crippen LogP contribution in [-0.2, 0) is 0 Å². The van der Waals surface area contributed by atoms with Crippen molar-refractivity contribution in [1.82, 2.24) is 20.0 Å². The molecule has 28 heavy (non-hydrogen) atoms. The normalized spacial score (nSPS) is 31.0. The van der Waals surface area contributed by atoms with E-state index in [0.29, 0.717) is 18.2 Å². The highest BCUT2D eigenvalue weighted by atomic mass is 16.3. The Morgan fingerprint density at radius 2 is 1.96 bits per heavy atom. The maximum absolute atomic E-state index is 13.3. The van der Waals surface area contributed by atoms with Crippen LogP contribution < -0.4 is 0 Å². The fraction of sp³-hybridized carbons (Fsp3) is 0.476. The number of H-pyrrole nitrogens is 1. The molecule has 2 bridgehead atoms. The number of phenolic OH excluding ortho intramolecular Hbond substituents is 1. The zero-order valence-electron chi connectivity index (χ0n) is 15.8. The first-order valence-corrected chi connectivity index (χ1v) is 9.93. The molecule has 1 amide bonds. The molecule has 6 rings (SSSR count). The molecule has 4 aliphatic rings. The van der Waals surface area contributed by atoms with Gasteiger partial charge in [0.1, 0.15) is 17.1 Å². The Balaban J connectivity index is 1.51. The fourth-order valence-electron chi connectivity index (χ4n) is 5.47. The van der Waals surface area contributed by atoms with Crippen LogP contribution in [0.4, 0.5) is 0 Å². The van der Waals surface area contributed by atoms with Crippen LogP contribution >= 0.6 is 0 Å². The molecular formula is C21H24N4O3. The second-order valence-electron chi connectivity index (χ2n) is 8.24. The number of aromatic hydroxyl groups is 1. The Kier molecular flexibility index (Phi) is 4.01. The van der Waals surface area contributed by atoms with Gasteiger partial charge in [0, 0.05) is 25.4 Å². The summed E-state index contributed by atoms with van der Waals surface area (Å²) in [5.41, 5.74) is 1.74. The van der Waals surface area contributed by atoms with Crippen molar-refractivity contribution in [2.24, 2.45) is 5.92 Å². The molecule has 7 nitrogen and oxygen atoms in total. The van der Waals surface area contributed by atoms with Gasteiger partial charge in [0.15, 0.2) is 5.78 Å². The van der Waals surface area contributed by atoms with Crippen LogP contribution in [-0.4, -0.2) is 68.5 Å². The van der Waals surface area contributed by atoms with E-state index in [1.807, 2.05) is 23.1 Å². The molecule has 1 aromatic carbocycles. The fourth-order valence-corrected chi connectivity index (χ4v) is 5.47. The molecule has 4 saturated heterocycles. The SMILES string of the molecule is CC(=O)c1cc(C(=O)N2C[C@@H](c3cccc(O)c3)[C@@H]3[C@H]2C2CCN3CC2)[nH]n1. The van der Waals surface area contributed by atoms with Crippen LogP contribution in [0.5, 0.6) is 5.75 Å². The molecule has 0 unspecified atom stereocenters. The third-order valence-corrected chi connectivity index (χ3v) is 6.72. The van der Waals surface area contributed by atoms with E-state index in [1.165, 1.54) is 6.92 Å². The number of amides is 1. The van der Waals surface area contributed by atoms with Gasteiger partial charge in [0.2, 0.25) is 0 Å². The molecule has 146 valence electrons. The number of carbonyl (C=O) groups is 2. The van der Waals surface area contributed by atoms with Crippen molar-refractivity contribution in [2.45, 2.75) is 37.8 Å². The number of hydrogen-bond acceptors (Lipinski definition) is 5. The Morgan fingerprint density at radius 3 is 2.64 bits per heavy atom. The van der Waals surface area contributed by atoms with Gasteiger partial charge in [-0.2, -0.15) is 5.10 Å². The number of aromatic nitrogens is 2. The van der Waals surface area contributed by atoms with E-state index in [1.54, 1.807) is 12.1 Å². The average Bonchev–Trinajstić information content (AvgIpc) is 3.35. The number of rotatable bonds is 3. The van der Waals surface area contributed by atoms with Crippen LogP contribution in [0.1, 0.15) is 52.2 Å². The molecule has 0 saturated carbocycles. The van der Waals surface area contributed by atoms with Crippen LogP contribution in [0.15, 0.2) is 30.3 Å². The number of phenols is 1. The summed E-state index contributed by atoms with van der Waals surface area (Å²) in [5, 5.41) is 16.7. The minimum atomic E-state index is -0.157. The Morgan fingerprint density at radius 1 is 1.18 bits per heavy atom. The van der Waals surface area contributed by atoms with Gasteiger partial charge in [0.05, 0.1) is 6.04 Å². The predicted octanol–water partition coefficient (Wildman–Crippen LogP) is 2.02. The maximum Gasteiger partial charge on any atom is 0.272 e. The van der Waals surface area contributed by atoms with Gasteiger partial charge in [-0.25, -0.2) is 0 Å². The van der Waals surface area contributed by atoms with E-state index in [2.05, 4.69) is 15.1 Å². The molecule has 4 fully saturated rings. The number of hydrogen-bond donors (Lipinski definition) is 2. The van der Waals surface area contributed by atoms with Crippen molar-refractivity contribution in [3.8, 4) is 5.75 Å². The van der Waals surface area contributed by atoms with E-state index in [0.717, 1.165) is 31.5 Å². The van der Waals surface area contributed by atoms with Crippen molar-refractivity contribution in [3.63, 3.8) is 0 Å². The number of likely N-dealkylation sites (tertiary alicyclic amines) is 1. The Labute approximate surface area is 163 Å². The molecule has 2 N–H and O–H groups in total. The summed E-state index contributed by atoms with van der Waals surface area (Å²) in [6.07, 6.45) is 2.22. The van der Waals surface area contributed by atoms with Crippen molar-refractivity contribution in [3.05, 3.63) is 47.3 Å². The summed E-state index contributed by atoms with van der Waals surface area (Å²) in [4.78, 5) is 29.4. The predicted molar refractivity (Wildman–Crippen MR) is 102 cm³/mol. The molecule has 0 spiro atoms. The number of carbonyl (C=O) groups excluding carboxylic acids is 2. The first-order chi connectivity index (χ1) is 13.5. The van der Waals surface area contributed by atoms with Gasteiger partial charge in [0.25, 0.3) is 5.91 Å². The number of nitrogens with zero attached hydrogens (tertiary/aromatic N) is 3. The first kappa shape index (κ1) is 17.4. The van der Waals surface area contributed by atoms with Crippen molar-refractivity contribution in [2.75, 3.05) is 19.6 Å². The van der Waals surface area contributed by atoms with Crippen LogP contribution in [0, 0.1) is 5.92 Å². The minimum Gasteiger partial charge on any atom is -0.508 e. The summed E-state index contributed by atoms with van der Waals surface area (Å²) >= 11 is 0. The Bertz CT molecular complexity index is 931. The highest BCUT2D eigenvalue weighted by Crippen LogP contribution is 2.47. The van der Waals surface area contributed by atoms with Crippen LogP contribution in [0.3, 0.4) is 0 Å². The molecule has 2 aromatic rings. The second kappa shape index (κ2) is 6.44. The molecule has 1 aromatic heterocycles. The molecule has 7 heteroatoms. The number of fused-ring (bicyclic) bond motifs is 2. The third kappa shape index (κ3) is 2.64. The van der Waals surface area contributed by atoms with E-state index in [4.69, 9.17) is 0 Å². The average molecular weight is 380 g/mol. The largest absolute Gasteiger partial charge is 0.508 e. The first-order valence-electron chi connectivity index (χ1n) is 9.93. The summed E-state index contributed by atoms with van der Waals surface area (Å²) in [5.74, 6) is 0.673. The molecule has 5 heterocycles. The third-order valence-electron chi connectivity index (χ3n) is 6.72. The summed E-state index contributed by atoms with van der Waals surface area (Å²) in [6, 6.07) is 9.41. The highest BCUT2D eigenvalue weighted by Gasteiger charge is 2.54. The zero-order chi connectivity index (χ0) is 19.4. The Hall–Kier alpha value is -2.67. The van der Waals surface area contributed by atoms with E-state index in [9.17, 15) is 14.7 Å². The number of benzene rings is 1. The van der Waals surface area contributed by atoms with Crippen molar-refractivity contribution in [1.29, 1.82) is 0 Å². The number of ketones is 1. The molecule has 3 atom stereocenters. The lowest BCUT2D eigenvalue weighted by molar-refractivity contribution is -0.00359. The molecule has 0 aliphatic carbocycles. The van der Waals surface area contributed by atoms with Crippen LogP contribution in [0.2, 0.25) is 0 Å². The zero-order valence-corrected chi connectivity index (χ0v) is 15.8. The number of Topliss-reactive ketones (excluding diaryl/α,β-unsaturated/α-hetero) is 1. The lowest BCUT2D eigenvalue weighted by Crippen LogP contribution is -2.60. The van der Waals surface area contributed by atoms with Gasteiger partial charge >= 0.3 is 0 Å². The van der Waals surface area contributed by atoms with Crippen molar-refractivity contribution < 1.29 is 14.7 Å². The van der Waals surface area contributed by atoms with Gasteiger partial charge in [-0.3, -0.25) is 19.6 Å². The summed E-state index contributed by atoms with van der Waals surface area (Å²) < 4.78 is 0. The minimum absolute atomic E-state index is 0.0913. The molecular weight excluding hydrogens is 356 g/mol. The van der Waals surface area contributed by atoms with Gasteiger partial charge < -0.3 is 10.0 Å². The number of aromatic amines is 1. The smallest absolute Gasteiger partial charge is 0.272 e. The van der Waals surface area contributed by atoms with Crippen LogP contribution in [0.25, 0.3) is 0 Å². The monoisotopic (exact) mass is 380 g/mol. The molecule has 4 aliphatic heterocycles. The van der Waals surface area contributed by atoms with Gasteiger partial charge in [-0.15, -0.1) is 0 Å². The second-order valence-corrected chi connectivity index (χ2v) is 8.24. The summed E-state index contributed by atoms with van der Waals surface area (Å²) in [7, 11) is 0. The van der Waals surface area contributed by atoms with Gasteiger partial charge in [-0.05, 0) is 55.6 Å². The van der Waals surface area contributed by atoms with Crippen molar-refractivity contribution >= 4 is 11.7 Å². The van der Waals surface area contributed by atoms with Gasteiger partial charge in [-0.1, -0.05) is 12.1 Å². The standard InChI is InChI=1S/C21H24N4O3/c1-12(26)17-10-18(23-22-17)21(28)25-11-16(14-3-2-4-15(27)9-14)20-19(25)13-5-7-24(20)8-6-13/h2-4,9-10,13,16,19-20,27H,5-8,11H2,1H3,(H,22,23)/t16-,19+,20+/m0/s1. The lowest BCUT2D eigenvalue weighted by atomic mass is 9.75. The highest BCUT2D eigenvalue weighted by molar-refractivity contribution is 5.97. The number of piperidine rings is 3. The quantitative estimate of drug-likeness (QED) is 0.795. The number of nitrogens with one attached hydrogen (secondary N) is 1.